The summed E-state index contributed by atoms with van der Waals surface area (Å²) in [5.41, 5.74) is 4.82. The quantitative estimate of drug-likeness (QED) is 0.771. The molecule has 0 bridgehead atoms. The van der Waals surface area contributed by atoms with Crippen LogP contribution in [0, 0.1) is 6.92 Å². The summed E-state index contributed by atoms with van der Waals surface area (Å²) in [4.78, 5) is 4.59. The normalized spacial score (nSPS) is 12.5. The van der Waals surface area contributed by atoms with Gasteiger partial charge >= 0.3 is 0 Å². The second kappa shape index (κ2) is 6.06. The molecule has 0 amide bonds. The Morgan fingerprint density at radius 1 is 1.00 bits per heavy atom. The van der Waals surface area contributed by atoms with E-state index in [2.05, 4.69) is 66.6 Å². The maximum Gasteiger partial charge on any atom is 0.0702 e. The van der Waals surface area contributed by atoms with E-state index in [0.29, 0.717) is 0 Å². The highest BCUT2D eigenvalue weighted by Gasteiger charge is 2.13. The molecule has 3 rings (SSSR count). The van der Waals surface area contributed by atoms with Crippen LogP contribution in [0.4, 0.5) is 0 Å². The SMILES string of the molecule is CCNC(c1cccc(C)c1)c1cnc2ccccc2c1. The van der Waals surface area contributed by atoms with Crippen LogP contribution in [0.15, 0.2) is 60.8 Å². The molecule has 0 aliphatic heterocycles. The summed E-state index contributed by atoms with van der Waals surface area (Å²) in [7, 11) is 0. The molecule has 0 spiro atoms. The maximum atomic E-state index is 4.59. The molecule has 0 saturated heterocycles. The minimum Gasteiger partial charge on any atom is -0.306 e. The van der Waals surface area contributed by atoms with Gasteiger partial charge in [0, 0.05) is 11.6 Å². The van der Waals surface area contributed by atoms with Crippen molar-refractivity contribution in [1.29, 1.82) is 0 Å². The maximum absolute atomic E-state index is 4.59. The molecule has 0 saturated carbocycles. The van der Waals surface area contributed by atoms with Crippen LogP contribution in [-0.4, -0.2) is 11.5 Å². The molecule has 0 fully saturated rings. The fourth-order valence-electron chi connectivity index (χ4n) is 2.73. The van der Waals surface area contributed by atoms with Crippen molar-refractivity contribution in [3.8, 4) is 0 Å². The van der Waals surface area contributed by atoms with E-state index in [4.69, 9.17) is 0 Å². The number of pyridine rings is 1. The molecule has 0 aliphatic rings. The lowest BCUT2D eigenvalue weighted by molar-refractivity contribution is 0.629. The smallest absolute Gasteiger partial charge is 0.0702 e. The number of fused-ring (bicyclic) bond motifs is 1. The standard InChI is InChI=1S/C19H20N2/c1-3-20-19(16-9-6-7-14(2)11-16)17-12-15-8-4-5-10-18(15)21-13-17/h4-13,19-20H,3H2,1-2H3. The van der Waals surface area contributed by atoms with Crippen molar-refractivity contribution >= 4 is 10.9 Å². The summed E-state index contributed by atoms with van der Waals surface area (Å²) in [6, 6.07) is 19.3. The van der Waals surface area contributed by atoms with Crippen LogP contribution in [0.25, 0.3) is 10.9 Å². The van der Waals surface area contributed by atoms with Crippen molar-refractivity contribution < 1.29 is 0 Å². The Hall–Kier alpha value is -2.19. The third-order valence-electron chi connectivity index (χ3n) is 3.73. The lowest BCUT2D eigenvalue weighted by Gasteiger charge is -2.19. The number of hydrogen-bond donors (Lipinski definition) is 1. The van der Waals surface area contributed by atoms with E-state index in [1.165, 1.54) is 22.1 Å². The molecule has 1 N–H and O–H groups in total. The van der Waals surface area contributed by atoms with Gasteiger partial charge in [-0.2, -0.15) is 0 Å². The molecule has 2 nitrogen and oxygen atoms in total. The van der Waals surface area contributed by atoms with Gasteiger partial charge in [-0.1, -0.05) is 55.0 Å². The number of benzene rings is 2. The number of para-hydroxylation sites is 1. The summed E-state index contributed by atoms with van der Waals surface area (Å²) in [6.45, 7) is 5.19. The molecule has 2 heteroatoms. The van der Waals surface area contributed by atoms with E-state index in [9.17, 15) is 0 Å². The predicted octanol–water partition coefficient (Wildman–Crippen LogP) is 4.24. The first-order valence-corrected chi connectivity index (χ1v) is 7.42. The Morgan fingerprint density at radius 3 is 2.67 bits per heavy atom. The Balaban J connectivity index is 2.06. The first-order chi connectivity index (χ1) is 10.3. The molecule has 3 aromatic rings. The van der Waals surface area contributed by atoms with Crippen LogP contribution in [-0.2, 0) is 0 Å². The largest absolute Gasteiger partial charge is 0.306 e. The van der Waals surface area contributed by atoms with Crippen molar-refractivity contribution in [3.05, 3.63) is 77.5 Å². The van der Waals surface area contributed by atoms with Gasteiger partial charge in [0.25, 0.3) is 0 Å². The molecule has 1 unspecified atom stereocenters. The third-order valence-corrected chi connectivity index (χ3v) is 3.73. The second-order valence-electron chi connectivity index (χ2n) is 5.37. The highest BCUT2D eigenvalue weighted by molar-refractivity contribution is 5.79. The third kappa shape index (κ3) is 2.96. The Labute approximate surface area is 125 Å². The van der Waals surface area contributed by atoms with Crippen molar-refractivity contribution in [1.82, 2.24) is 10.3 Å². The lowest BCUT2D eigenvalue weighted by atomic mass is 9.97. The average Bonchev–Trinajstić information content (AvgIpc) is 2.52. The summed E-state index contributed by atoms with van der Waals surface area (Å²) in [5.74, 6) is 0. The van der Waals surface area contributed by atoms with Crippen molar-refractivity contribution in [2.45, 2.75) is 19.9 Å². The van der Waals surface area contributed by atoms with E-state index < -0.39 is 0 Å². The van der Waals surface area contributed by atoms with Gasteiger partial charge < -0.3 is 5.32 Å². The second-order valence-corrected chi connectivity index (χ2v) is 5.37. The van der Waals surface area contributed by atoms with Crippen LogP contribution >= 0.6 is 0 Å². The molecule has 106 valence electrons. The molecule has 0 radical (unpaired) electrons. The van der Waals surface area contributed by atoms with E-state index >= 15 is 0 Å². The lowest BCUT2D eigenvalue weighted by Crippen LogP contribution is -2.22. The molecule has 21 heavy (non-hydrogen) atoms. The van der Waals surface area contributed by atoms with Gasteiger partial charge in [-0.05, 0) is 36.7 Å². The van der Waals surface area contributed by atoms with Crippen molar-refractivity contribution in [2.24, 2.45) is 0 Å². The number of aryl methyl sites for hydroxylation is 1. The number of nitrogens with zero attached hydrogens (tertiary/aromatic N) is 1. The first-order valence-electron chi connectivity index (χ1n) is 7.42. The van der Waals surface area contributed by atoms with Crippen molar-refractivity contribution in [2.75, 3.05) is 6.54 Å². The first kappa shape index (κ1) is 13.8. The van der Waals surface area contributed by atoms with Gasteiger partial charge in [0.05, 0.1) is 11.6 Å². The fourth-order valence-corrected chi connectivity index (χ4v) is 2.73. The minimum atomic E-state index is 0.187. The number of rotatable bonds is 4. The van der Waals surface area contributed by atoms with E-state index in [1.54, 1.807) is 0 Å². The summed E-state index contributed by atoms with van der Waals surface area (Å²) < 4.78 is 0. The van der Waals surface area contributed by atoms with Crippen LogP contribution in [0.1, 0.15) is 29.7 Å². The van der Waals surface area contributed by atoms with Crippen LogP contribution in [0.5, 0.6) is 0 Å². The van der Waals surface area contributed by atoms with Crippen molar-refractivity contribution in [3.63, 3.8) is 0 Å². The van der Waals surface area contributed by atoms with Gasteiger partial charge in [0.2, 0.25) is 0 Å². The highest BCUT2D eigenvalue weighted by Crippen LogP contribution is 2.24. The Bertz CT molecular complexity index is 749. The van der Waals surface area contributed by atoms with E-state index in [-0.39, 0.29) is 6.04 Å². The molecule has 0 aliphatic carbocycles. The number of hydrogen-bond acceptors (Lipinski definition) is 2. The molecule has 1 atom stereocenters. The van der Waals surface area contributed by atoms with Gasteiger partial charge in [-0.3, -0.25) is 4.98 Å². The van der Waals surface area contributed by atoms with Crippen LogP contribution in [0.3, 0.4) is 0 Å². The zero-order valence-electron chi connectivity index (χ0n) is 12.5. The molecule has 2 aromatic carbocycles. The Morgan fingerprint density at radius 2 is 1.86 bits per heavy atom. The summed E-state index contributed by atoms with van der Waals surface area (Å²) in [6.07, 6.45) is 1.98. The highest BCUT2D eigenvalue weighted by atomic mass is 14.9. The Kier molecular flexibility index (Phi) is 3.98. The van der Waals surface area contributed by atoms with Gasteiger partial charge in [-0.25, -0.2) is 0 Å². The summed E-state index contributed by atoms with van der Waals surface area (Å²) in [5, 5.41) is 4.75. The number of aromatic nitrogens is 1. The number of nitrogens with one attached hydrogen (secondary N) is 1. The van der Waals surface area contributed by atoms with Gasteiger partial charge in [0.1, 0.15) is 0 Å². The van der Waals surface area contributed by atoms with Crippen LogP contribution < -0.4 is 5.32 Å². The topological polar surface area (TPSA) is 24.9 Å². The van der Waals surface area contributed by atoms with Crippen LogP contribution in [0.2, 0.25) is 0 Å². The molecular weight excluding hydrogens is 256 g/mol. The molecule has 1 aromatic heterocycles. The molecule has 1 heterocycles. The zero-order chi connectivity index (χ0) is 14.7. The van der Waals surface area contributed by atoms with Gasteiger partial charge in [0.15, 0.2) is 0 Å². The minimum absolute atomic E-state index is 0.187. The van der Waals surface area contributed by atoms with E-state index in [0.717, 1.165) is 12.1 Å². The zero-order valence-corrected chi connectivity index (χ0v) is 12.5. The van der Waals surface area contributed by atoms with Gasteiger partial charge in [-0.15, -0.1) is 0 Å². The fraction of sp³-hybridized carbons (Fsp3) is 0.211. The average molecular weight is 276 g/mol. The predicted molar refractivity (Wildman–Crippen MR) is 88.4 cm³/mol. The molecular formula is C19H20N2. The monoisotopic (exact) mass is 276 g/mol. The van der Waals surface area contributed by atoms with E-state index in [1.807, 2.05) is 18.3 Å². The summed E-state index contributed by atoms with van der Waals surface area (Å²) >= 11 is 0.